The van der Waals surface area contributed by atoms with Crippen LogP contribution in [0.3, 0.4) is 0 Å². The van der Waals surface area contributed by atoms with Crippen molar-refractivity contribution in [3.05, 3.63) is 60.8 Å². The van der Waals surface area contributed by atoms with Crippen LogP contribution in [0.1, 0.15) is 39.0 Å². The molecule has 4 atom stereocenters. The molecule has 0 saturated carbocycles. The highest BCUT2D eigenvalue weighted by Crippen LogP contribution is 2.30. The standard InChI is InChI=1S/C22H27Cl2N3O6/c1-4-13-11-27(22(30)26-21(13)29)19-9-17(31-5-2)18(33-19)10-25-20(28)12(3)32-16-7-6-14(23)8-15(16)24/h6-8,11-12,17-19H,4-5,9-10H2,1-3H3,(H,25,28)(H,26,29,30)/t12?,17-,18+,19+/m0/s1. The molecule has 11 heteroatoms. The zero-order valence-corrected chi connectivity index (χ0v) is 20.1. The van der Waals surface area contributed by atoms with Gasteiger partial charge in [0.05, 0.1) is 11.1 Å². The van der Waals surface area contributed by atoms with Gasteiger partial charge in [-0.3, -0.25) is 19.1 Å². The molecule has 9 nitrogen and oxygen atoms in total. The van der Waals surface area contributed by atoms with E-state index in [2.05, 4.69) is 10.3 Å². The molecule has 0 aliphatic carbocycles. The molecule has 180 valence electrons. The molecule has 0 spiro atoms. The van der Waals surface area contributed by atoms with Crippen molar-refractivity contribution in [3.63, 3.8) is 0 Å². The molecule has 3 rings (SSSR count). The number of carbonyl (C=O) groups is 1. The number of amides is 1. The maximum atomic E-state index is 12.6. The first kappa shape index (κ1) is 25.3. The summed E-state index contributed by atoms with van der Waals surface area (Å²) >= 11 is 12.0. The van der Waals surface area contributed by atoms with E-state index in [9.17, 15) is 14.4 Å². The van der Waals surface area contributed by atoms with Crippen LogP contribution < -0.4 is 21.3 Å². The van der Waals surface area contributed by atoms with Crippen LogP contribution in [0.4, 0.5) is 0 Å². The number of hydrogen-bond acceptors (Lipinski definition) is 6. The lowest BCUT2D eigenvalue weighted by Crippen LogP contribution is -2.43. The van der Waals surface area contributed by atoms with E-state index in [1.807, 2.05) is 13.8 Å². The van der Waals surface area contributed by atoms with E-state index < -0.39 is 29.7 Å². The molecular weight excluding hydrogens is 473 g/mol. The number of rotatable bonds is 9. The topological polar surface area (TPSA) is 112 Å². The molecule has 1 aliphatic heterocycles. The normalized spacial score (nSPS) is 21.1. The summed E-state index contributed by atoms with van der Waals surface area (Å²) in [6.45, 7) is 5.89. The Bertz CT molecular complexity index is 1100. The van der Waals surface area contributed by atoms with Gasteiger partial charge in [-0.15, -0.1) is 0 Å². The van der Waals surface area contributed by atoms with Crippen molar-refractivity contribution in [1.82, 2.24) is 14.9 Å². The Balaban J connectivity index is 1.65. The van der Waals surface area contributed by atoms with Crippen molar-refractivity contribution >= 4 is 29.1 Å². The van der Waals surface area contributed by atoms with Crippen molar-refractivity contribution in [1.29, 1.82) is 0 Å². The van der Waals surface area contributed by atoms with Crippen LogP contribution in [0.15, 0.2) is 34.0 Å². The quantitative estimate of drug-likeness (QED) is 0.548. The van der Waals surface area contributed by atoms with Crippen molar-refractivity contribution in [3.8, 4) is 5.75 Å². The van der Waals surface area contributed by atoms with E-state index in [0.717, 1.165) is 0 Å². The monoisotopic (exact) mass is 499 g/mol. The summed E-state index contributed by atoms with van der Waals surface area (Å²) in [4.78, 5) is 39.1. The predicted octanol–water partition coefficient (Wildman–Crippen LogP) is 2.68. The molecule has 1 unspecified atom stereocenters. The zero-order chi connectivity index (χ0) is 24.1. The summed E-state index contributed by atoms with van der Waals surface area (Å²) in [7, 11) is 0. The minimum atomic E-state index is -0.819. The summed E-state index contributed by atoms with van der Waals surface area (Å²) in [6.07, 6.45) is 0.115. The molecule has 2 heterocycles. The van der Waals surface area contributed by atoms with Crippen LogP contribution in [-0.2, 0) is 20.7 Å². The number of carbonyl (C=O) groups excluding carboxylic acids is 1. The first-order valence-corrected chi connectivity index (χ1v) is 11.5. The lowest BCUT2D eigenvalue weighted by Gasteiger charge is -2.21. The fraction of sp³-hybridized carbons (Fsp3) is 0.500. The average Bonchev–Trinajstić information content (AvgIpc) is 3.16. The van der Waals surface area contributed by atoms with Crippen molar-refractivity contribution in [2.24, 2.45) is 0 Å². The number of aryl methyl sites for hydroxylation is 1. The van der Waals surface area contributed by atoms with E-state index in [1.165, 1.54) is 16.8 Å². The number of aromatic nitrogens is 2. The largest absolute Gasteiger partial charge is 0.479 e. The SMILES string of the molecule is CCO[C@H]1C[C@H](n2cc(CC)c(=O)[nH]c2=O)O[C@@H]1CNC(=O)C(C)Oc1ccc(Cl)cc1Cl. The molecule has 2 N–H and O–H groups in total. The Morgan fingerprint density at radius 3 is 2.76 bits per heavy atom. The molecule has 1 aromatic heterocycles. The molecule has 2 aromatic rings. The Hall–Kier alpha value is -2.33. The highest BCUT2D eigenvalue weighted by Gasteiger charge is 2.37. The fourth-order valence-electron chi connectivity index (χ4n) is 3.60. The van der Waals surface area contributed by atoms with Gasteiger partial charge in [0, 0.05) is 36.4 Å². The summed E-state index contributed by atoms with van der Waals surface area (Å²) in [6, 6.07) is 4.75. The molecular formula is C22H27Cl2N3O6. The van der Waals surface area contributed by atoms with Gasteiger partial charge in [0.2, 0.25) is 0 Å². The van der Waals surface area contributed by atoms with Gasteiger partial charge < -0.3 is 19.5 Å². The molecule has 1 fully saturated rings. The molecule has 1 amide bonds. The van der Waals surface area contributed by atoms with Gasteiger partial charge in [0.25, 0.3) is 11.5 Å². The Morgan fingerprint density at radius 2 is 2.09 bits per heavy atom. The molecule has 0 bridgehead atoms. The predicted molar refractivity (Wildman–Crippen MR) is 124 cm³/mol. The van der Waals surface area contributed by atoms with Crippen molar-refractivity contribution in [2.75, 3.05) is 13.2 Å². The van der Waals surface area contributed by atoms with Gasteiger partial charge in [0.1, 0.15) is 18.1 Å². The smallest absolute Gasteiger partial charge is 0.330 e. The average molecular weight is 500 g/mol. The van der Waals surface area contributed by atoms with Gasteiger partial charge in [-0.05, 0) is 38.5 Å². The zero-order valence-electron chi connectivity index (χ0n) is 18.6. The van der Waals surface area contributed by atoms with Gasteiger partial charge in [0.15, 0.2) is 6.10 Å². The Labute approximate surface area is 200 Å². The van der Waals surface area contributed by atoms with Crippen molar-refractivity contribution < 1.29 is 19.0 Å². The van der Waals surface area contributed by atoms with Gasteiger partial charge in [-0.1, -0.05) is 30.1 Å². The van der Waals surface area contributed by atoms with E-state index in [1.54, 1.807) is 19.1 Å². The third-order valence-electron chi connectivity index (χ3n) is 5.34. The summed E-state index contributed by atoms with van der Waals surface area (Å²) in [5.74, 6) is -0.0185. The first-order valence-electron chi connectivity index (χ1n) is 10.7. The summed E-state index contributed by atoms with van der Waals surface area (Å²) in [5.41, 5.74) is -0.476. The third-order valence-corrected chi connectivity index (χ3v) is 5.87. The summed E-state index contributed by atoms with van der Waals surface area (Å²) in [5, 5.41) is 3.57. The van der Waals surface area contributed by atoms with Crippen LogP contribution in [0, 0.1) is 0 Å². The number of H-pyrrole nitrogens is 1. The number of hydrogen-bond donors (Lipinski definition) is 2. The number of nitrogens with zero attached hydrogens (tertiary/aromatic N) is 1. The van der Waals surface area contributed by atoms with Crippen LogP contribution >= 0.6 is 23.2 Å². The van der Waals surface area contributed by atoms with E-state index >= 15 is 0 Å². The van der Waals surface area contributed by atoms with Gasteiger partial charge >= 0.3 is 5.69 Å². The molecule has 1 aromatic carbocycles. The number of nitrogens with one attached hydrogen (secondary N) is 2. The van der Waals surface area contributed by atoms with Crippen molar-refractivity contribution in [2.45, 2.75) is 58.2 Å². The highest BCUT2D eigenvalue weighted by atomic mass is 35.5. The van der Waals surface area contributed by atoms with Crippen LogP contribution in [0.25, 0.3) is 0 Å². The van der Waals surface area contributed by atoms with Gasteiger partial charge in [-0.25, -0.2) is 4.79 Å². The molecule has 33 heavy (non-hydrogen) atoms. The second-order valence-electron chi connectivity index (χ2n) is 7.61. The van der Waals surface area contributed by atoms with Gasteiger partial charge in [-0.2, -0.15) is 0 Å². The number of halogens is 2. The minimum Gasteiger partial charge on any atom is -0.479 e. The Kier molecular flexibility index (Phi) is 8.58. The van der Waals surface area contributed by atoms with Crippen LogP contribution in [0.2, 0.25) is 10.0 Å². The third kappa shape index (κ3) is 6.17. The molecule has 0 radical (unpaired) electrons. The number of aromatic amines is 1. The maximum Gasteiger partial charge on any atom is 0.330 e. The molecule has 1 aliphatic rings. The summed E-state index contributed by atoms with van der Waals surface area (Å²) < 4.78 is 18.8. The molecule has 1 saturated heterocycles. The fourth-order valence-corrected chi connectivity index (χ4v) is 4.05. The second kappa shape index (κ2) is 11.2. The van der Waals surface area contributed by atoms with E-state index in [0.29, 0.717) is 40.8 Å². The number of ether oxygens (including phenoxy) is 3. The maximum absolute atomic E-state index is 12.6. The van der Waals surface area contributed by atoms with Crippen LogP contribution in [-0.4, -0.2) is 46.9 Å². The Morgan fingerprint density at radius 1 is 1.33 bits per heavy atom. The lowest BCUT2D eigenvalue weighted by molar-refractivity contribution is -0.128. The second-order valence-corrected chi connectivity index (χ2v) is 8.46. The number of benzene rings is 1. The first-order chi connectivity index (χ1) is 15.7. The van der Waals surface area contributed by atoms with Crippen LogP contribution in [0.5, 0.6) is 5.75 Å². The minimum absolute atomic E-state index is 0.154. The highest BCUT2D eigenvalue weighted by molar-refractivity contribution is 6.35. The lowest BCUT2D eigenvalue weighted by atomic mass is 10.1. The van der Waals surface area contributed by atoms with E-state index in [-0.39, 0.29) is 18.6 Å². The van der Waals surface area contributed by atoms with E-state index in [4.69, 9.17) is 37.4 Å².